The highest BCUT2D eigenvalue weighted by Gasteiger charge is 2.27. The van der Waals surface area contributed by atoms with Crippen molar-refractivity contribution in [3.63, 3.8) is 0 Å². The van der Waals surface area contributed by atoms with Crippen molar-refractivity contribution in [3.05, 3.63) is 29.6 Å². The highest BCUT2D eigenvalue weighted by molar-refractivity contribution is 8.00. The first-order valence-electron chi connectivity index (χ1n) is 6.24. The molecule has 0 saturated heterocycles. The van der Waals surface area contributed by atoms with Crippen LogP contribution in [-0.2, 0) is 11.3 Å². The molecule has 1 aromatic rings. The molecule has 120 valence electrons. The summed E-state index contributed by atoms with van der Waals surface area (Å²) >= 11 is -0.192. The maximum atomic E-state index is 13.7. The Balaban J connectivity index is 2.36. The summed E-state index contributed by atoms with van der Waals surface area (Å²) in [4.78, 5) is 0. The van der Waals surface area contributed by atoms with Crippen LogP contribution in [0.1, 0.15) is 5.56 Å². The lowest BCUT2D eigenvalue weighted by Gasteiger charge is -2.10. The van der Waals surface area contributed by atoms with Gasteiger partial charge in [-0.05, 0) is 29.5 Å². The zero-order valence-electron chi connectivity index (χ0n) is 11.5. The molecule has 0 bridgehead atoms. The van der Waals surface area contributed by atoms with Crippen LogP contribution in [0, 0.1) is 5.82 Å². The fraction of sp³-hybridized carbons (Fsp3) is 0.538. The number of halogens is 4. The van der Waals surface area contributed by atoms with Crippen LogP contribution < -0.4 is 10.1 Å². The summed E-state index contributed by atoms with van der Waals surface area (Å²) in [6, 6.07) is 4.38. The lowest BCUT2D eigenvalue weighted by atomic mass is 10.2. The number of hydrogen-bond acceptors (Lipinski definition) is 4. The van der Waals surface area contributed by atoms with Crippen LogP contribution in [0.3, 0.4) is 0 Å². The van der Waals surface area contributed by atoms with E-state index in [0.717, 1.165) is 5.56 Å². The number of rotatable bonds is 9. The molecule has 0 saturated carbocycles. The van der Waals surface area contributed by atoms with Crippen LogP contribution in [0.15, 0.2) is 18.2 Å². The van der Waals surface area contributed by atoms with Gasteiger partial charge in [0, 0.05) is 26.0 Å². The second kappa shape index (κ2) is 9.11. The van der Waals surface area contributed by atoms with E-state index in [-0.39, 0.29) is 29.9 Å². The SMILES string of the molecule is COCCNCc1ccc(OCCSC(F)(F)F)c(F)c1. The van der Waals surface area contributed by atoms with Crippen molar-refractivity contribution >= 4 is 11.8 Å². The highest BCUT2D eigenvalue weighted by atomic mass is 32.2. The van der Waals surface area contributed by atoms with Crippen molar-refractivity contribution in [1.82, 2.24) is 5.32 Å². The van der Waals surface area contributed by atoms with E-state index in [2.05, 4.69) is 5.32 Å². The second-order valence-corrected chi connectivity index (χ2v) is 5.24. The normalized spacial score (nSPS) is 11.7. The Morgan fingerprint density at radius 2 is 2.00 bits per heavy atom. The van der Waals surface area contributed by atoms with Crippen molar-refractivity contribution in [2.75, 3.05) is 32.6 Å². The lowest BCUT2D eigenvalue weighted by Crippen LogP contribution is -2.18. The fourth-order valence-corrected chi connectivity index (χ4v) is 1.89. The molecule has 0 aliphatic rings. The minimum Gasteiger partial charge on any atom is -0.490 e. The molecule has 0 unspecified atom stereocenters. The summed E-state index contributed by atoms with van der Waals surface area (Å²) in [7, 11) is 1.59. The summed E-state index contributed by atoms with van der Waals surface area (Å²) in [6.45, 7) is 1.47. The van der Waals surface area contributed by atoms with E-state index < -0.39 is 11.3 Å². The minimum absolute atomic E-state index is 0.0431. The first-order chi connectivity index (χ1) is 9.92. The Morgan fingerprint density at radius 1 is 1.24 bits per heavy atom. The molecule has 8 heteroatoms. The number of thioether (sulfide) groups is 1. The van der Waals surface area contributed by atoms with Crippen LogP contribution in [0.5, 0.6) is 5.75 Å². The van der Waals surface area contributed by atoms with Crippen LogP contribution in [0.4, 0.5) is 17.6 Å². The molecule has 0 aromatic heterocycles. The Labute approximate surface area is 125 Å². The van der Waals surface area contributed by atoms with Gasteiger partial charge in [0.25, 0.3) is 0 Å². The molecule has 1 rings (SSSR count). The largest absolute Gasteiger partial charge is 0.490 e. The van der Waals surface area contributed by atoms with Crippen molar-refractivity contribution in [2.24, 2.45) is 0 Å². The van der Waals surface area contributed by atoms with E-state index in [1.165, 1.54) is 12.1 Å². The molecule has 3 nitrogen and oxygen atoms in total. The van der Waals surface area contributed by atoms with Crippen molar-refractivity contribution in [1.29, 1.82) is 0 Å². The van der Waals surface area contributed by atoms with Crippen LogP contribution in [0.25, 0.3) is 0 Å². The van der Waals surface area contributed by atoms with Gasteiger partial charge in [0.05, 0.1) is 13.2 Å². The number of methoxy groups -OCH3 is 1. The van der Waals surface area contributed by atoms with Gasteiger partial charge in [-0.1, -0.05) is 6.07 Å². The third-order valence-corrected chi connectivity index (χ3v) is 3.11. The molecule has 0 heterocycles. The smallest absolute Gasteiger partial charge is 0.441 e. The molecule has 0 radical (unpaired) electrons. The highest BCUT2D eigenvalue weighted by Crippen LogP contribution is 2.30. The van der Waals surface area contributed by atoms with E-state index in [4.69, 9.17) is 9.47 Å². The van der Waals surface area contributed by atoms with Gasteiger partial charge in [-0.25, -0.2) is 4.39 Å². The third kappa shape index (κ3) is 8.13. The third-order valence-electron chi connectivity index (χ3n) is 2.42. The van der Waals surface area contributed by atoms with Gasteiger partial charge >= 0.3 is 5.51 Å². The van der Waals surface area contributed by atoms with Gasteiger partial charge < -0.3 is 14.8 Å². The predicted molar refractivity (Wildman–Crippen MR) is 74.0 cm³/mol. The summed E-state index contributed by atoms with van der Waals surface area (Å²) < 4.78 is 59.3. The molecule has 1 aromatic carbocycles. The predicted octanol–water partition coefficient (Wildman–Crippen LogP) is 3.19. The van der Waals surface area contributed by atoms with Crippen LogP contribution >= 0.6 is 11.8 Å². The molecule has 0 amide bonds. The Kier molecular flexibility index (Phi) is 7.84. The zero-order chi connectivity index (χ0) is 15.7. The molecular weight excluding hydrogens is 310 g/mol. The number of alkyl halides is 3. The van der Waals surface area contributed by atoms with E-state index >= 15 is 0 Å². The first kappa shape index (κ1) is 18.1. The second-order valence-electron chi connectivity index (χ2n) is 4.08. The number of benzene rings is 1. The molecular formula is C13H17F4NO2S. The average molecular weight is 327 g/mol. The Hall–Kier alpha value is -0.990. The monoisotopic (exact) mass is 327 g/mol. The fourth-order valence-electron chi connectivity index (χ4n) is 1.49. The van der Waals surface area contributed by atoms with Crippen molar-refractivity contribution in [3.8, 4) is 5.75 Å². The molecule has 0 aliphatic heterocycles. The summed E-state index contributed by atoms with van der Waals surface area (Å²) in [5.74, 6) is -0.903. The van der Waals surface area contributed by atoms with E-state index in [0.29, 0.717) is 19.7 Å². The van der Waals surface area contributed by atoms with E-state index in [1.54, 1.807) is 13.2 Å². The molecule has 21 heavy (non-hydrogen) atoms. The molecule has 0 spiro atoms. The maximum absolute atomic E-state index is 13.7. The van der Waals surface area contributed by atoms with Gasteiger partial charge in [-0.3, -0.25) is 0 Å². The minimum atomic E-state index is -4.29. The van der Waals surface area contributed by atoms with E-state index in [9.17, 15) is 17.6 Å². The van der Waals surface area contributed by atoms with Gasteiger partial charge in [0.2, 0.25) is 0 Å². The maximum Gasteiger partial charge on any atom is 0.441 e. The summed E-state index contributed by atoms with van der Waals surface area (Å²) in [6.07, 6.45) is 0. The van der Waals surface area contributed by atoms with Gasteiger partial charge in [0.1, 0.15) is 0 Å². The molecule has 1 N–H and O–H groups in total. The van der Waals surface area contributed by atoms with Crippen LogP contribution in [-0.4, -0.2) is 38.1 Å². The zero-order valence-corrected chi connectivity index (χ0v) is 12.3. The topological polar surface area (TPSA) is 30.5 Å². The summed E-state index contributed by atoms with van der Waals surface area (Å²) in [5.41, 5.74) is -3.57. The summed E-state index contributed by atoms with van der Waals surface area (Å²) in [5, 5.41) is 3.06. The molecule has 0 atom stereocenters. The first-order valence-corrected chi connectivity index (χ1v) is 7.22. The standard InChI is InChI=1S/C13H17F4NO2S/c1-19-5-4-18-9-10-2-3-12(11(14)8-10)20-6-7-21-13(15,16)17/h2-3,8,18H,4-7,9H2,1H3. The number of ether oxygens (including phenoxy) is 2. The Bertz CT molecular complexity index is 429. The quantitative estimate of drug-likeness (QED) is 0.557. The van der Waals surface area contributed by atoms with Crippen molar-refractivity contribution < 1.29 is 27.0 Å². The van der Waals surface area contributed by atoms with E-state index in [1.807, 2.05) is 0 Å². The Morgan fingerprint density at radius 3 is 2.62 bits per heavy atom. The van der Waals surface area contributed by atoms with Gasteiger partial charge in [-0.2, -0.15) is 13.2 Å². The number of nitrogens with one attached hydrogen (secondary N) is 1. The number of hydrogen-bond donors (Lipinski definition) is 1. The molecule has 0 fully saturated rings. The lowest BCUT2D eigenvalue weighted by molar-refractivity contribution is -0.0329. The average Bonchev–Trinajstić information content (AvgIpc) is 2.40. The molecule has 0 aliphatic carbocycles. The van der Waals surface area contributed by atoms with Crippen molar-refractivity contribution in [2.45, 2.75) is 12.1 Å². The van der Waals surface area contributed by atoms with Crippen LogP contribution in [0.2, 0.25) is 0 Å². The van der Waals surface area contributed by atoms with Gasteiger partial charge in [-0.15, -0.1) is 0 Å². The van der Waals surface area contributed by atoms with Gasteiger partial charge in [0.15, 0.2) is 11.6 Å².